The highest BCUT2D eigenvalue weighted by Gasteiger charge is 2.34. The minimum Gasteiger partial charge on any atom is -0.377 e. The molecule has 0 heterocycles. The molecule has 0 aliphatic rings. The van der Waals surface area contributed by atoms with Crippen LogP contribution in [0.2, 0.25) is 0 Å². The number of alkyl halides is 3. The number of halogens is 3. The fourth-order valence-corrected chi connectivity index (χ4v) is 1.93. The molecule has 0 radical (unpaired) electrons. The van der Waals surface area contributed by atoms with Crippen molar-refractivity contribution < 1.29 is 17.9 Å². The lowest BCUT2D eigenvalue weighted by Gasteiger charge is -2.21. The van der Waals surface area contributed by atoms with E-state index in [1.807, 2.05) is 13.8 Å². The second-order valence-corrected chi connectivity index (χ2v) is 4.48. The molecule has 0 spiro atoms. The predicted octanol–water partition coefficient (Wildman–Crippen LogP) is 3.78. The number of benzene rings is 1. The Labute approximate surface area is 112 Å². The summed E-state index contributed by atoms with van der Waals surface area (Å²) in [6.07, 6.45) is -4.34. The summed E-state index contributed by atoms with van der Waals surface area (Å²) in [5, 5.41) is 3.07. The Morgan fingerprint density at radius 3 is 2.42 bits per heavy atom. The fraction of sp³-hybridized carbons (Fsp3) is 0.571. The first-order valence-corrected chi connectivity index (χ1v) is 6.37. The second kappa shape index (κ2) is 6.91. The Balaban J connectivity index is 2.74. The topological polar surface area (TPSA) is 21.3 Å². The van der Waals surface area contributed by atoms with Crippen LogP contribution >= 0.6 is 0 Å². The molecular formula is C14H20F3NO. The van der Waals surface area contributed by atoms with Gasteiger partial charge in [-0.3, -0.25) is 0 Å². The minimum atomic E-state index is -4.32. The average molecular weight is 275 g/mol. The van der Waals surface area contributed by atoms with E-state index in [1.165, 1.54) is 12.1 Å². The summed E-state index contributed by atoms with van der Waals surface area (Å²) in [6.45, 7) is 6.61. The molecule has 0 saturated heterocycles. The van der Waals surface area contributed by atoms with Crippen LogP contribution in [0.15, 0.2) is 24.3 Å². The molecule has 5 heteroatoms. The summed E-state index contributed by atoms with van der Waals surface area (Å²) >= 11 is 0. The molecule has 2 nitrogen and oxygen atoms in total. The van der Waals surface area contributed by atoms with Crippen molar-refractivity contribution in [2.24, 2.45) is 0 Å². The first-order chi connectivity index (χ1) is 8.86. The highest BCUT2D eigenvalue weighted by atomic mass is 19.4. The van der Waals surface area contributed by atoms with Gasteiger partial charge in [-0.1, -0.05) is 18.2 Å². The highest BCUT2D eigenvalue weighted by Crippen LogP contribution is 2.34. The van der Waals surface area contributed by atoms with E-state index in [0.29, 0.717) is 13.2 Å². The van der Waals surface area contributed by atoms with E-state index in [0.717, 1.165) is 6.07 Å². The van der Waals surface area contributed by atoms with Crippen molar-refractivity contribution in [3.8, 4) is 0 Å². The Morgan fingerprint density at radius 1 is 1.21 bits per heavy atom. The van der Waals surface area contributed by atoms with E-state index in [-0.39, 0.29) is 17.7 Å². The normalized spacial score (nSPS) is 15.3. The number of rotatable bonds is 6. The quantitative estimate of drug-likeness (QED) is 0.853. The molecule has 0 aromatic heterocycles. The Kier molecular flexibility index (Phi) is 5.82. The molecular weight excluding hydrogens is 255 g/mol. The zero-order valence-electron chi connectivity index (χ0n) is 11.4. The van der Waals surface area contributed by atoms with Crippen molar-refractivity contribution in [3.63, 3.8) is 0 Å². The van der Waals surface area contributed by atoms with Crippen LogP contribution in [0.3, 0.4) is 0 Å². The maximum Gasteiger partial charge on any atom is 0.416 e. The molecule has 0 saturated carbocycles. The summed E-state index contributed by atoms with van der Waals surface area (Å²) in [5.41, 5.74) is -0.322. The summed E-state index contributed by atoms with van der Waals surface area (Å²) in [5.74, 6) is 0. The first kappa shape index (κ1) is 16.0. The second-order valence-electron chi connectivity index (χ2n) is 4.48. The molecule has 1 aromatic carbocycles. The van der Waals surface area contributed by atoms with Gasteiger partial charge in [-0.15, -0.1) is 0 Å². The maximum atomic E-state index is 12.9. The van der Waals surface area contributed by atoms with E-state index in [9.17, 15) is 13.2 Å². The van der Waals surface area contributed by atoms with E-state index < -0.39 is 11.7 Å². The zero-order valence-corrected chi connectivity index (χ0v) is 11.4. The highest BCUT2D eigenvalue weighted by molar-refractivity contribution is 5.32. The largest absolute Gasteiger partial charge is 0.416 e. The van der Waals surface area contributed by atoms with Gasteiger partial charge in [0.05, 0.1) is 11.7 Å². The summed E-state index contributed by atoms with van der Waals surface area (Å²) in [4.78, 5) is 0. The molecule has 0 aliphatic carbocycles. The predicted molar refractivity (Wildman–Crippen MR) is 68.9 cm³/mol. The van der Waals surface area contributed by atoms with Gasteiger partial charge >= 0.3 is 6.18 Å². The molecule has 1 aromatic rings. The minimum absolute atomic E-state index is 0.0227. The fourth-order valence-electron chi connectivity index (χ4n) is 1.93. The molecule has 2 unspecified atom stereocenters. The van der Waals surface area contributed by atoms with E-state index in [4.69, 9.17) is 4.74 Å². The van der Waals surface area contributed by atoms with Crippen LogP contribution in [0, 0.1) is 0 Å². The monoisotopic (exact) mass is 275 g/mol. The third-order valence-electron chi connectivity index (χ3n) is 2.90. The standard InChI is InChI=1S/C14H20F3NO/c1-4-19-10(2)9-18-11(3)12-7-5-6-8-13(12)14(15,16)17/h5-8,10-11,18H,4,9H2,1-3H3. The van der Waals surface area contributed by atoms with Crippen molar-refractivity contribution in [2.45, 2.75) is 39.1 Å². The zero-order chi connectivity index (χ0) is 14.5. The van der Waals surface area contributed by atoms with Gasteiger partial charge < -0.3 is 10.1 Å². The number of hydrogen-bond donors (Lipinski definition) is 1. The average Bonchev–Trinajstić information content (AvgIpc) is 2.35. The number of nitrogens with one attached hydrogen (secondary N) is 1. The van der Waals surface area contributed by atoms with Crippen molar-refractivity contribution in [2.75, 3.05) is 13.2 Å². The van der Waals surface area contributed by atoms with Gasteiger partial charge in [0.1, 0.15) is 0 Å². The van der Waals surface area contributed by atoms with Crippen molar-refractivity contribution in [1.82, 2.24) is 5.32 Å². The van der Waals surface area contributed by atoms with E-state index >= 15 is 0 Å². The van der Waals surface area contributed by atoms with Crippen LogP contribution in [-0.4, -0.2) is 19.3 Å². The van der Waals surface area contributed by atoms with E-state index in [2.05, 4.69) is 5.32 Å². The van der Waals surface area contributed by atoms with Crippen LogP contribution < -0.4 is 5.32 Å². The van der Waals surface area contributed by atoms with Crippen LogP contribution in [0.5, 0.6) is 0 Å². The Morgan fingerprint density at radius 2 is 1.84 bits per heavy atom. The van der Waals surface area contributed by atoms with Crippen molar-refractivity contribution in [1.29, 1.82) is 0 Å². The van der Waals surface area contributed by atoms with Gasteiger partial charge in [0.15, 0.2) is 0 Å². The lowest BCUT2D eigenvalue weighted by Crippen LogP contribution is -2.30. The van der Waals surface area contributed by atoms with E-state index in [1.54, 1.807) is 13.0 Å². The van der Waals surface area contributed by atoms with Crippen LogP contribution in [0.25, 0.3) is 0 Å². The summed E-state index contributed by atoms with van der Waals surface area (Å²) in [6, 6.07) is 5.27. The molecule has 1 N–H and O–H groups in total. The lowest BCUT2D eigenvalue weighted by atomic mass is 10.0. The third kappa shape index (κ3) is 4.84. The van der Waals surface area contributed by atoms with Gasteiger partial charge in [-0.25, -0.2) is 0 Å². The van der Waals surface area contributed by atoms with Gasteiger partial charge in [-0.2, -0.15) is 13.2 Å². The molecule has 0 bridgehead atoms. The third-order valence-corrected chi connectivity index (χ3v) is 2.90. The van der Waals surface area contributed by atoms with Crippen molar-refractivity contribution in [3.05, 3.63) is 35.4 Å². The Hall–Kier alpha value is -1.07. The van der Waals surface area contributed by atoms with Crippen LogP contribution in [-0.2, 0) is 10.9 Å². The SMILES string of the molecule is CCOC(C)CNC(C)c1ccccc1C(F)(F)F. The molecule has 1 rings (SSSR count). The number of ether oxygens (including phenoxy) is 1. The van der Waals surface area contributed by atoms with Crippen molar-refractivity contribution >= 4 is 0 Å². The number of hydrogen-bond acceptors (Lipinski definition) is 2. The lowest BCUT2D eigenvalue weighted by molar-refractivity contribution is -0.138. The summed E-state index contributed by atoms with van der Waals surface area (Å²) < 4.78 is 44.0. The Bertz CT molecular complexity index is 393. The smallest absolute Gasteiger partial charge is 0.377 e. The molecule has 0 aliphatic heterocycles. The molecule has 0 fully saturated rings. The first-order valence-electron chi connectivity index (χ1n) is 6.37. The van der Waals surface area contributed by atoms with Crippen LogP contribution in [0.1, 0.15) is 37.9 Å². The van der Waals surface area contributed by atoms with Gasteiger partial charge in [-0.05, 0) is 32.4 Å². The van der Waals surface area contributed by atoms with Crippen LogP contribution in [0.4, 0.5) is 13.2 Å². The summed E-state index contributed by atoms with van der Waals surface area (Å²) in [7, 11) is 0. The van der Waals surface area contributed by atoms with Gasteiger partial charge in [0, 0.05) is 19.2 Å². The molecule has 2 atom stereocenters. The van der Waals surface area contributed by atoms with Gasteiger partial charge in [0.25, 0.3) is 0 Å². The van der Waals surface area contributed by atoms with Gasteiger partial charge in [0.2, 0.25) is 0 Å². The molecule has 108 valence electrons. The maximum absolute atomic E-state index is 12.9. The molecule has 19 heavy (non-hydrogen) atoms. The molecule has 0 amide bonds.